The molecule has 0 spiro atoms. The number of rotatable bonds is 5. The largest absolute Gasteiger partial charge is 0.469 e. The first-order chi connectivity index (χ1) is 9.60. The Morgan fingerprint density at radius 1 is 1.40 bits per heavy atom. The fourth-order valence-electron chi connectivity index (χ4n) is 1.65. The number of esters is 1. The number of methoxy groups -OCH3 is 1. The number of halogens is 1. The Morgan fingerprint density at radius 3 is 2.90 bits per heavy atom. The van der Waals surface area contributed by atoms with E-state index >= 15 is 0 Å². The number of thiophene rings is 1. The van der Waals surface area contributed by atoms with Gasteiger partial charge in [0.05, 0.1) is 13.5 Å². The lowest BCUT2D eigenvalue weighted by atomic mass is 10.1. The van der Waals surface area contributed by atoms with Crippen LogP contribution in [-0.4, -0.2) is 18.8 Å². The van der Waals surface area contributed by atoms with Gasteiger partial charge in [-0.2, -0.15) is 0 Å². The molecule has 0 saturated heterocycles. The maximum Gasteiger partial charge on any atom is 0.306 e. The second-order valence-corrected chi connectivity index (χ2v) is 6.77. The molecule has 0 aliphatic carbocycles. The van der Waals surface area contributed by atoms with E-state index in [9.17, 15) is 4.79 Å². The van der Waals surface area contributed by atoms with E-state index in [-0.39, 0.29) is 5.97 Å². The van der Waals surface area contributed by atoms with Gasteiger partial charge in [0, 0.05) is 25.9 Å². The van der Waals surface area contributed by atoms with Crippen molar-refractivity contribution in [3.05, 3.63) is 40.2 Å². The van der Waals surface area contributed by atoms with Crippen LogP contribution in [-0.2, 0) is 9.53 Å². The zero-order valence-electron chi connectivity index (χ0n) is 11.3. The van der Waals surface area contributed by atoms with E-state index in [1.165, 1.54) is 16.9 Å². The third-order valence-electron chi connectivity index (χ3n) is 2.83. The minimum atomic E-state index is -0.168. The molecule has 0 aliphatic heterocycles. The van der Waals surface area contributed by atoms with Gasteiger partial charge < -0.3 is 4.74 Å². The Labute approximate surface area is 132 Å². The van der Waals surface area contributed by atoms with Crippen molar-refractivity contribution in [1.82, 2.24) is 0 Å². The van der Waals surface area contributed by atoms with Gasteiger partial charge in [-0.05, 0) is 30.2 Å². The van der Waals surface area contributed by atoms with Crippen LogP contribution in [0.2, 0.25) is 5.02 Å². The van der Waals surface area contributed by atoms with Gasteiger partial charge in [0.2, 0.25) is 0 Å². The first-order valence-electron chi connectivity index (χ1n) is 6.15. The molecule has 2 aromatic rings. The van der Waals surface area contributed by atoms with Crippen molar-refractivity contribution < 1.29 is 9.53 Å². The summed E-state index contributed by atoms with van der Waals surface area (Å²) in [6.07, 6.45) is 0.433. The molecule has 2 nitrogen and oxygen atoms in total. The Hall–Kier alpha value is -0.970. The summed E-state index contributed by atoms with van der Waals surface area (Å²) in [6.45, 7) is 1.99. The number of hydrogen-bond donors (Lipinski definition) is 0. The summed E-state index contributed by atoms with van der Waals surface area (Å²) >= 11 is 9.50. The SMILES string of the molecule is COC(=O)CCSc1csc(-c2ccc(C)c(Cl)c2)c1. The molecule has 0 radical (unpaired) electrons. The number of carbonyl (C=O) groups is 1. The van der Waals surface area contributed by atoms with Crippen LogP contribution < -0.4 is 0 Å². The van der Waals surface area contributed by atoms with Gasteiger partial charge in [-0.15, -0.1) is 23.1 Å². The zero-order valence-corrected chi connectivity index (χ0v) is 13.7. The van der Waals surface area contributed by atoms with Crippen molar-refractivity contribution in [2.75, 3.05) is 12.9 Å². The molecule has 20 heavy (non-hydrogen) atoms. The van der Waals surface area contributed by atoms with Crippen molar-refractivity contribution >= 4 is 40.7 Å². The highest BCUT2D eigenvalue weighted by molar-refractivity contribution is 7.99. The zero-order chi connectivity index (χ0) is 14.5. The lowest BCUT2D eigenvalue weighted by Gasteiger charge is -2.01. The van der Waals surface area contributed by atoms with Crippen LogP contribution in [0.5, 0.6) is 0 Å². The third-order valence-corrected chi connectivity index (χ3v) is 5.35. The number of thioether (sulfide) groups is 1. The van der Waals surface area contributed by atoms with E-state index in [0.29, 0.717) is 6.42 Å². The minimum absolute atomic E-state index is 0.168. The van der Waals surface area contributed by atoms with E-state index in [1.807, 2.05) is 19.1 Å². The van der Waals surface area contributed by atoms with E-state index in [4.69, 9.17) is 11.6 Å². The topological polar surface area (TPSA) is 26.3 Å². The van der Waals surface area contributed by atoms with E-state index in [2.05, 4.69) is 22.2 Å². The van der Waals surface area contributed by atoms with E-state index < -0.39 is 0 Å². The van der Waals surface area contributed by atoms with Crippen molar-refractivity contribution in [2.24, 2.45) is 0 Å². The summed E-state index contributed by atoms with van der Waals surface area (Å²) in [5.41, 5.74) is 2.21. The number of ether oxygens (including phenoxy) is 1. The molecule has 0 saturated carbocycles. The molecule has 0 atom stereocenters. The highest BCUT2D eigenvalue weighted by Gasteiger charge is 2.06. The number of benzene rings is 1. The number of hydrogen-bond acceptors (Lipinski definition) is 4. The molecular formula is C15H15ClO2S2. The van der Waals surface area contributed by atoms with Crippen LogP contribution in [0.3, 0.4) is 0 Å². The predicted octanol–water partition coefficient (Wildman–Crippen LogP) is 5.03. The second kappa shape index (κ2) is 7.16. The van der Waals surface area contributed by atoms with Crippen LogP contribution in [0.25, 0.3) is 10.4 Å². The first kappa shape index (κ1) is 15.4. The summed E-state index contributed by atoms with van der Waals surface area (Å²) in [5, 5.41) is 2.89. The molecule has 1 aromatic heterocycles. The Bertz CT molecular complexity index is 608. The summed E-state index contributed by atoms with van der Waals surface area (Å²) in [7, 11) is 1.41. The molecule has 0 aliphatic rings. The average molecular weight is 327 g/mol. The standard InChI is InChI=1S/C15H15ClO2S2/c1-10-3-4-11(7-13(10)16)14-8-12(9-20-14)19-6-5-15(17)18-2/h3-4,7-9H,5-6H2,1-2H3. The Morgan fingerprint density at radius 2 is 2.20 bits per heavy atom. The molecule has 1 aromatic carbocycles. The van der Waals surface area contributed by atoms with Gasteiger partial charge in [0.1, 0.15) is 0 Å². The quantitative estimate of drug-likeness (QED) is 0.569. The first-order valence-corrected chi connectivity index (χ1v) is 8.39. The highest BCUT2D eigenvalue weighted by atomic mass is 35.5. The van der Waals surface area contributed by atoms with Crippen LogP contribution in [0, 0.1) is 6.92 Å². The highest BCUT2D eigenvalue weighted by Crippen LogP contribution is 2.34. The normalized spacial score (nSPS) is 10.6. The fraction of sp³-hybridized carbons (Fsp3) is 0.267. The smallest absolute Gasteiger partial charge is 0.306 e. The number of aryl methyl sites for hydroxylation is 1. The van der Waals surface area contributed by atoms with E-state index in [0.717, 1.165) is 21.9 Å². The van der Waals surface area contributed by atoms with Crippen molar-refractivity contribution in [3.8, 4) is 10.4 Å². The Kier molecular flexibility index (Phi) is 5.52. The summed E-state index contributed by atoms with van der Waals surface area (Å²) in [6, 6.07) is 8.23. The molecule has 2 rings (SSSR count). The summed E-state index contributed by atoms with van der Waals surface area (Å²) in [5.74, 6) is 0.565. The fourth-order valence-corrected chi connectivity index (χ4v) is 3.79. The second-order valence-electron chi connectivity index (χ2n) is 4.29. The summed E-state index contributed by atoms with van der Waals surface area (Å²) in [4.78, 5) is 13.4. The van der Waals surface area contributed by atoms with Gasteiger partial charge in [0.25, 0.3) is 0 Å². The maximum atomic E-state index is 11.1. The maximum absolute atomic E-state index is 11.1. The molecule has 106 valence electrons. The molecule has 5 heteroatoms. The lowest BCUT2D eigenvalue weighted by Crippen LogP contribution is -2.00. The molecular weight excluding hydrogens is 312 g/mol. The van der Waals surface area contributed by atoms with Gasteiger partial charge in [-0.3, -0.25) is 4.79 Å². The van der Waals surface area contributed by atoms with Crippen molar-refractivity contribution in [2.45, 2.75) is 18.2 Å². The van der Waals surface area contributed by atoms with Crippen LogP contribution >= 0.6 is 34.7 Å². The van der Waals surface area contributed by atoms with Crippen LogP contribution in [0.15, 0.2) is 34.5 Å². The monoisotopic (exact) mass is 326 g/mol. The molecule has 1 heterocycles. The minimum Gasteiger partial charge on any atom is -0.469 e. The Balaban J connectivity index is 2.01. The molecule has 0 fully saturated rings. The average Bonchev–Trinajstić information content (AvgIpc) is 2.90. The molecule has 0 bridgehead atoms. The predicted molar refractivity (Wildman–Crippen MR) is 86.9 cm³/mol. The molecule has 0 unspecified atom stereocenters. The van der Waals surface area contributed by atoms with Crippen molar-refractivity contribution in [3.63, 3.8) is 0 Å². The molecule has 0 N–H and O–H groups in total. The van der Waals surface area contributed by atoms with E-state index in [1.54, 1.807) is 23.1 Å². The van der Waals surface area contributed by atoms with Crippen LogP contribution in [0.1, 0.15) is 12.0 Å². The van der Waals surface area contributed by atoms with Gasteiger partial charge >= 0.3 is 5.97 Å². The van der Waals surface area contributed by atoms with Gasteiger partial charge in [0.15, 0.2) is 0 Å². The van der Waals surface area contributed by atoms with Gasteiger partial charge in [-0.1, -0.05) is 23.7 Å². The summed E-state index contributed by atoms with van der Waals surface area (Å²) < 4.78 is 4.62. The molecule has 0 amide bonds. The third kappa shape index (κ3) is 4.01. The number of carbonyl (C=O) groups excluding carboxylic acids is 1. The van der Waals surface area contributed by atoms with Crippen molar-refractivity contribution in [1.29, 1.82) is 0 Å². The lowest BCUT2D eigenvalue weighted by molar-refractivity contribution is -0.140. The van der Waals surface area contributed by atoms with Gasteiger partial charge in [-0.25, -0.2) is 0 Å². The van der Waals surface area contributed by atoms with Crippen LogP contribution in [0.4, 0.5) is 0 Å².